The van der Waals surface area contributed by atoms with Crippen LogP contribution in [-0.2, 0) is 33.2 Å². The molecule has 0 saturated carbocycles. The van der Waals surface area contributed by atoms with Crippen molar-refractivity contribution in [3.63, 3.8) is 0 Å². The standard InChI is InChI=1S/C12H18O4.C11H18BN3O5.C7H16O/c1-8-5-6-10(12(13)14)16-11(8)9-4-2-3-7-15-9;1-7(19-8(16)11(2,3)4)20-10(17)15-9(14-5)12-18-6-13;1-3-5-6-7(8)4-2/h6,8-9,11H,2-5,7H2,1H3,(H,13,14);7,14H,1-5H3,(H,15,17);7-8H,3-6H2,1-2H3. The van der Waals surface area contributed by atoms with Crippen molar-refractivity contribution in [2.45, 2.75) is 124 Å². The average Bonchev–Trinajstić information content (AvgIpc) is 2.98. The minimum atomic E-state index is -1.04. The Bertz CT molecular complexity index is 971. The molecule has 2 aliphatic heterocycles. The normalized spacial score (nSPS) is 20.9. The van der Waals surface area contributed by atoms with E-state index in [9.17, 15) is 14.4 Å². The number of carbonyl (C=O) groups is 3. The number of hydrogen-bond donors (Lipinski definition) is 4. The van der Waals surface area contributed by atoms with Crippen LogP contribution in [0, 0.1) is 22.9 Å². The second-order valence-electron chi connectivity index (χ2n) is 11.5. The SMILES string of the molecule is CC1CC=C(C(=O)O)OC1C1CCCCO1.CCCCC(O)CC.CNC(=BOC#N)NC(=O)OC(C)OC(=O)C(C)(C)C. The molecule has 0 radical (unpaired) electrons. The van der Waals surface area contributed by atoms with Crippen LogP contribution < -0.4 is 10.6 Å². The summed E-state index contributed by atoms with van der Waals surface area (Å²) in [5, 5.41) is 31.0. The number of aliphatic hydroxyl groups is 1. The van der Waals surface area contributed by atoms with Crippen molar-refractivity contribution >= 4 is 30.9 Å². The first-order valence-corrected chi connectivity index (χ1v) is 15.2. The van der Waals surface area contributed by atoms with E-state index in [1.165, 1.54) is 26.6 Å². The molecule has 1 fully saturated rings. The zero-order chi connectivity index (χ0) is 33.7. The molecule has 0 aromatic rings. The van der Waals surface area contributed by atoms with Gasteiger partial charge in [0.2, 0.25) is 5.76 Å². The summed E-state index contributed by atoms with van der Waals surface area (Å²) in [6, 6.07) is 0. The molecular weight excluding hydrogens is 573 g/mol. The Kier molecular flexibility index (Phi) is 20.6. The Morgan fingerprint density at radius 2 is 1.91 bits per heavy atom. The summed E-state index contributed by atoms with van der Waals surface area (Å²) in [6.45, 7) is 13.5. The number of ether oxygens (including phenoxy) is 4. The molecule has 0 aromatic heterocycles. The Hall–Kier alpha value is -3.31. The van der Waals surface area contributed by atoms with Gasteiger partial charge in [-0.25, -0.2) is 4.79 Å². The number of allylic oxidation sites excluding steroid dienone is 1. The van der Waals surface area contributed by atoms with Crippen LogP contribution in [-0.4, -0.2) is 79.3 Å². The van der Waals surface area contributed by atoms with E-state index < -0.39 is 29.7 Å². The van der Waals surface area contributed by atoms with Crippen LogP contribution >= 0.6 is 0 Å². The number of esters is 1. The number of carboxylic acid groups (broad SMARTS) is 1. The van der Waals surface area contributed by atoms with E-state index in [1.54, 1.807) is 26.8 Å². The summed E-state index contributed by atoms with van der Waals surface area (Å²) >= 11 is 0. The number of alkyl carbamates (subject to hydrolysis) is 1. The molecule has 0 aliphatic carbocycles. The first-order valence-electron chi connectivity index (χ1n) is 15.2. The van der Waals surface area contributed by atoms with Crippen LogP contribution in [0.25, 0.3) is 0 Å². The van der Waals surface area contributed by atoms with Crippen LogP contribution in [0.3, 0.4) is 0 Å². The summed E-state index contributed by atoms with van der Waals surface area (Å²) in [7, 11) is 2.50. The molecule has 5 unspecified atom stereocenters. The van der Waals surface area contributed by atoms with Crippen LogP contribution in [0.1, 0.15) is 99.8 Å². The minimum absolute atomic E-state index is 0.0463. The molecule has 5 atom stereocenters. The molecule has 0 spiro atoms. The molecule has 44 heavy (non-hydrogen) atoms. The first-order chi connectivity index (χ1) is 20.7. The summed E-state index contributed by atoms with van der Waals surface area (Å²) in [4.78, 5) is 33.9. The van der Waals surface area contributed by atoms with Gasteiger partial charge in [-0.15, -0.1) is 0 Å². The fourth-order valence-corrected chi connectivity index (χ4v) is 3.86. The molecule has 2 rings (SSSR count). The Morgan fingerprint density at radius 3 is 2.41 bits per heavy atom. The number of carboxylic acids is 1. The molecule has 0 aromatic carbocycles. The predicted molar refractivity (Wildman–Crippen MR) is 165 cm³/mol. The van der Waals surface area contributed by atoms with Crippen molar-refractivity contribution in [2.24, 2.45) is 11.3 Å². The van der Waals surface area contributed by atoms with Gasteiger partial charge >= 0.3 is 123 Å². The number of hydrogen-bond acceptors (Lipinski definition) is 11. The number of aliphatic carboxylic acids is 1. The average molecular weight is 626 g/mol. The number of nitrogens with zero attached hydrogens (tertiary/aromatic N) is 1. The quantitative estimate of drug-likeness (QED) is 0.112. The van der Waals surface area contributed by atoms with E-state index in [4.69, 9.17) is 34.4 Å². The number of amides is 1. The Balaban J connectivity index is 0.000000685. The third-order valence-electron chi connectivity index (χ3n) is 6.55. The number of nitriles is 1. The molecule has 2 aliphatic rings. The third kappa shape index (κ3) is 17.7. The van der Waals surface area contributed by atoms with E-state index in [0.29, 0.717) is 5.92 Å². The molecule has 1 amide bonds. The second kappa shape index (κ2) is 22.2. The van der Waals surface area contributed by atoms with Gasteiger partial charge in [0, 0.05) is 6.61 Å². The zero-order valence-corrected chi connectivity index (χ0v) is 27.5. The van der Waals surface area contributed by atoms with Crippen molar-refractivity contribution in [3.05, 3.63) is 11.8 Å². The van der Waals surface area contributed by atoms with E-state index in [0.717, 1.165) is 58.7 Å². The maximum atomic E-state index is 11.6. The van der Waals surface area contributed by atoms with E-state index >= 15 is 0 Å². The van der Waals surface area contributed by atoms with Crippen LogP contribution in [0.15, 0.2) is 11.8 Å². The monoisotopic (exact) mass is 625 g/mol. The van der Waals surface area contributed by atoms with E-state index in [2.05, 4.69) is 29.1 Å². The molecule has 1 saturated heterocycles. The van der Waals surface area contributed by atoms with Gasteiger partial charge in [0.25, 0.3) is 0 Å². The number of carbonyl (C=O) groups excluding carboxylic acids is 2. The first kappa shape index (κ1) is 40.7. The Labute approximate surface area is 262 Å². The van der Waals surface area contributed by atoms with Gasteiger partial charge in [0.1, 0.15) is 6.10 Å². The van der Waals surface area contributed by atoms with Gasteiger partial charge < -0.3 is 19.7 Å². The molecular formula is C30H52BN3O10. The fraction of sp³-hybridized carbons (Fsp3) is 0.767. The number of unbranched alkanes of at least 4 members (excludes halogenated alkanes) is 1. The van der Waals surface area contributed by atoms with Crippen molar-refractivity contribution < 1.29 is 48.2 Å². The molecule has 250 valence electrons. The van der Waals surface area contributed by atoms with Crippen LogP contribution in [0.5, 0.6) is 0 Å². The topological polar surface area (TPSA) is 186 Å². The number of aliphatic hydroxyl groups excluding tert-OH is 1. The molecule has 2 heterocycles. The number of rotatable bonds is 11. The van der Waals surface area contributed by atoms with Gasteiger partial charge in [-0.05, 0) is 50.5 Å². The van der Waals surface area contributed by atoms with Gasteiger partial charge in [-0.3, -0.25) is 0 Å². The third-order valence-corrected chi connectivity index (χ3v) is 6.55. The molecule has 4 N–H and O–H groups in total. The molecule has 14 heteroatoms. The summed E-state index contributed by atoms with van der Waals surface area (Å²) in [6.07, 6.45) is 9.28. The van der Waals surface area contributed by atoms with Crippen molar-refractivity contribution in [1.29, 1.82) is 5.26 Å². The summed E-state index contributed by atoms with van der Waals surface area (Å²) in [5.41, 5.74) is -0.573. The van der Waals surface area contributed by atoms with Crippen molar-refractivity contribution in [2.75, 3.05) is 13.7 Å². The van der Waals surface area contributed by atoms with Crippen LogP contribution in [0.4, 0.5) is 4.79 Å². The summed E-state index contributed by atoms with van der Waals surface area (Å²) < 4.78 is 25.3. The zero-order valence-electron chi connectivity index (χ0n) is 27.5. The van der Waals surface area contributed by atoms with Crippen molar-refractivity contribution in [1.82, 2.24) is 10.6 Å². The Morgan fingerprint density at radius 1 is 1.23 bits per heavy atom. The van der Waals surface area contributed by atoms with E-state index in [1.807, 2.05) is 6.92 Å². The van der Waals surface area contributed by atoms with Gasteiger partial charge in [-0.2, -0.15) is 0 Å². The van der Waals surface area contributed by atoms with E-state index in [-0.39, 0.29) is 29.8 Å². The van der Waals surface area contributed by atoms with Crippen LogP contribution in [0.2, 0.25) is 0 Å². The number of nitrogens with one attached hydrogen (secondary N) is 2. The van der Waals surface area contributed by atoms with Crippen molar-refractivity contribution in [3.8, 4) is 6.26 Å². The fourth-order valence-electron chi connectivity index (χ4n) is 3.86. The predicted octanol–water partition coefficient (Wildman–Crippen LogP) is 3.97. The van der Waals surface area contributed by atoms with Gasteiger partial charge in [-0.1, -0.05) is 33.6 Å². The molecule has 13 nitrogen and oxygen atoms in total. The van der Waals surface area contributed by atoms with Gasteiger partial charge in [0.15, 0.2) is 0 Å². The molecule has 0 bridgehead atoms. The van der Waals surface area contributed by atoms with Gasteiger partial charge in [0.05, 0.1) is 12.2 Å². The maximum absolute atomic E-state index is 11.6. The summed E-state index contributed by atoms with van der Waals surface area (Å²) in [5.74, 6) is -1.06. The second-order valence-corrected chi connectivity index (χ2v) is 11.5.